The lowest BCUT2D eigenvalue weighted by atomic mass is 10.2. The summed E-state index contributed by atoms with van der Waals surface area (Å²) in [5.74, 6) is -0.236. The zero-order chi connectivity index (χ0) is 15.5. The van der Waals surface area contributed by atoms with E-state index in [0.29, 0.717) is 6.54 Å². The number of nitrogens with one attached hydrogen (secondary N) is 1. The molecule has 0 amide bonds. The van der Waals surface area contributed by atoms with Crippen molar-refractivity contribution < 1.29 is 17.9 Å². The van der Waals surface area contributed by atoms with Crippen molar-refractivity contribution in [2.75, 3.05) is 0 Å². The maximum Gasteiger partial charge on any atom is 0.573 e. The van der Waals surface area contributed by atoms with Gasteiger partial charge in [0.2, 0.25) is 0 Å². The first-order chi connectivity index (χ1) is 9.85. The third kappa shape index (κ3) is 5.01. The first kappa shape index (κ1) is 16.3. The fourth-order valence-corrected chi connectivity index (χ4v) is 3.14. The van der Waals surface area contributed by atoms with Gasteiger partial charge in [0.15, 0.2) is 0 Å². The molecule has 2 nitrogen and oxygen atoms in total. The minimum atomic E-state index is -4.68. The fourth-order valence-electron chi connectivity index (χ4n) is 1.77. The molecule has 0 unspecified atom stereocenters. The molecule has 1 aromatic heterocycles. The van der Waals surface area contributed by atoms with E-state index >= 15 is 0 Å². The standard InChI is InChI=1S/C14H13BrF3NOS/c1-9-7-21-8-11(9)6-19-5-10-2-3-13(12(15)4-10)20-14(16,17)18/h2-4,7-8,19H,5-6H2,1H3. The van der Waals surface area contributed by atoms with Crippen molar-refractivity contribution in [2.45, 2.75) is 26.4 Å². The van der Waals surface area contributed by atoms with Gasteiger partial charge in [-0.3, -0.25) is 0 Å². The Morgan fingerprint density at radius 3 is 2.57 bits per heavy atom. The van der Waals surface area contributed by atoms with Gasteiger partial charge < -0.3 is 10.1 Å². The number of aryl methyl sites for hydroxylation is 1. The summed E-state index contributed by atoms with van der Waals surface area (Å²) in [4.78, 5) is 0. The lowest BCUT2D eigenvalue weighted by Crippen LogP contribution is -2.17. The maximum atomic E-state index is 12.2. The number of alkyl halides is 3. The summed E-state index contributed by atoms with van der Waals surface area (Å²) in [6.45, 7) is 3.35. The fraction of sp³-hybridized carbons (Fsp3) is 0.286. The SMILES string of the molecule is Cc1cscc1CNCc1ccc(OC(F)(F)F)c(Br)c1. The number of halogens is 4. The van der Waals surface area contributed by atoms with Crippen LogP contribution in [-0.2, 0) is 13.1 Å². The van der Waals surface area contributed by atoms with Crippen LogP contribution >= 0.6 is 27.3 Å². The normalized spacial score (nSPS) is 11.7. The number of hydrogen-bond acceptors (Lipinski definition) is 3. The van der Waals surface area contributed by atoms with E-state index in [1.54, 1.807) is 23.5 Å². The monoisotopic (exact) mass is 379 g/mol. The summed E-state index contributed by atoms with van der Waals surface area (Å²) in [6, 6.07) is 4.54. The number of ether oxygens (including phenoxy) is 1. The van der Waals surface area contributed by atoms with Gasteiger partial charge in [0.25, 0.3) is 0 Å². The molecule has 1 N–H and O–H groups in total. The molecule has 0 spiro atoms. The first-order valence-electron chi connectivity index (χ1n) is 6.12. The second kappa shape index (κ2) is 6.81. The molecule has 0 aliphatic carbocycles. The molecule has 0 atom stereocenters. The van der Waals surface area contributed by atoms with Crippen LogP contribution in [0.3, 0.4) is 0 Å². The van der Waals surface area contributed by atoms with Crippen LogP contribution in [0.5, 0.6) is 5.75 Å². The minimum absolute atomic E-state index is 0.236. The lowest BCUT2D eigenvalue weighted by molar-refractivity contribution is -0.274. The highest BCUT2D eigenvalue weighted by Crippen LogP contribution is 2.31. The molecule has 0 fully saturated rings. The van der Waals surface area contributed by atoms with E-state index in [0.717, 1.165) is 12.1 Å². The Labute approximate surface area is 133 Å². The summed E-state index contributed by atoms with van der Waals surface area (Å²) >= 11 is 4.74. The maximum absolute atomic E-state index is 12.2. The van der Waals surface area contributed by atoms with Crippen molar-refractivity contribution in [3.05, 3.63) is 50.1 Å². The summed E-state index contributed by atoms with van der Waals surface area (Å²) < 4.78 is 40.7. The second-order valence-electron chi connectivity index (χ2n) is 4.50. The highest BCUT2D eigenvalue weighted by atomic mass is 79.9. The van der Waals surface area contributed by atoms with Crippen LogP contribution in [-0.4, -0.2) is 6.36 Å². The number of benzene rings is 1. The Bertz CT molecular complexity index is 613. The molecule has 2 aromatic rings. The Hall–Kier alpha value is -1.05. The van der Waals surface area contributed by atoms with Gasteiger partial charge in [0, 0.05) is 13.1 Å². The Morgan fingerprint density at radius 2 is 2.00 bits per heavy atom. The predicted molar refractivity (Wildman–Crippen MR) is 80.4 cm³/mol. The summed E-state index contributed by atoms with van der Waals surface area (Å²) in [6.07, 6.45) is -4.68. The average molecular weight is 380 g/mol. The molecule has 21 heavy (non-hydrogen) atoms. The van der Waals surface area contributed by atoms with E-state index in [1.165, 1.54) is 17.2 Å². The zero-order valence-corrected chi connectivity index (χ0v) is 13.5. The van der Waals surface area contributed by atoms with Crippen LogP contribution in [0.25, 0.3) is 0 Å². The van der Waals surface area contributed by atoms with Crippen molar-refractivity contribution in [2.24, 2.45) is 0 Å². The lowest BCUT2D eigenvalue weighted by Gasteiger charge is -2.12. The van der Waals surface area contributed by atoms with Crippen LogP contribution in [0.2, 0.25) is 0 Å². The van der Waals surface area contributed by atoms with E-state index in [1.807, 2.05) is 6.92 Å². The Morgan fingerprint density at radius 1 is 1.24 bits per heavy atom. The molecule has 1 heterocycles. The molecule has 0 aliphatic rings. The number of hydrogen-bond donors (Lipinski definition) is 1. The molecular weight excluding hydrogens is 367 g/mol. The van der Waals surface area contributed by atoms with Gasteiger partial charge in [-0.05, 0) is 62.4 Å². The summed E-state index contributed by atoms with van der Waals surface area (Å²) in [7, 11) is 0. The van der Waals surface area contributed by atoms with Crippen molar-refractivity contribution in [3.8, 4) is 5.75 Å². The summed E-state index contributed by atoms with van der Waals surface area (Å²) in [5, 5.41) is 7.42. The first-order valence-corrected chi connectivity index (χ1v) is 7.85. The predicted octanol–water partition coefficient (Wildman–Crippen LogP) is 5.01. The van der Waals surface area contributed by atoms with Gasteiger partial charge in [0.05, 0.1) is 4.47 Å². The van der Waals surface area contributed by atoms with Crippen LogP contribution in [0.15, 0.2) is 33.4 Å². The highest BCUT2D eigenvalue weighted by molar-refractivity contribution is 9.10. The van der Waals surface area contributed by atoms with Gasteiger partial charge in [-0.25, -0.2) is 0 Å². The minimum Gasteiger partial charge on any atom is -0.405 e. The van der Waals surface area contributed by atoms with Gasteiger partial charge in [-0.15, -0.1) is 13.2 Å². The van der Waals surface area contributed by atoms with Crippen molar-refractivity contribution in [3.63, 3.8) is 0 Å². The third-order valence-corrected chi connectivity index (χ3v) is 4.36. The highest BCUT2D eigenvalue weighted by Gasteiger charge is 2.31. The topological polar surface area (TPSA) is 21.3 Å². The molecule has 0 aliphatic heterocycles. The molecule has 0 radical (unpaired) electrons. The van der Waals surface area contributed by atoms with Crippen LogP contribution < -0.4 is 10.1 Å². The quantitative estimate of drug-likeness (QED) is 0.788. The largest absolute Gasteiger partial charge is 0.573 e. The molecule has 2 rings (SSSR count). The van der Waals surface area contributed by atoms with Crippen molar-refractivity contribution >= 4 is 27.3 Å². The van der Waals surface area contributed by atoms with E-state index in [9.17, 15) is 13.2 Å². The van der Waals surface area contributed by atoms with Gasteiger partial charge >= 0.3 is 6.36 Å². The molecule has 0 saturated heterocycles. The second-order valence-corrected chi connectivity index (χ2v) is 6.09. The number of rotatable bonds is 5. The van der Waals surface area contributed by atoms with Crippen LogP contribution in [0.4, 0.5) is 13.2 Å². The van der Waals surface area contributed by atoms with Gasteiger partial charge in [0.1, 0.15) is 5.75 Å². The molecule has 1 aromatic carbocycles. The van der Waals surface area contributed by atoms with Crippen LogP contribution in [0.1, 0.15) is 16.7 Å². The average Bonchev–Trinajstić information content (AvgIpc) is 2.77. The van der Waals surface area contributed by atoms with Crippen molar-refractivity contribution in [1.29, 1.82) is 0 Å². The van der Waals surface area contributed by atoms with Crippen molar-refractivity contribution in [1.82, 2.24) is 5.32 Å². The Balaban J connectivity index is 1.93. The van der Waals surface area contributed by atoms with E-state index in [4.69, 9.17) is 0 Å². The van der Waals surface area contributed by atoms with Gasteiger partial charge in [-0.1, -0.05) is 6.07 Å². The van der Waals surface area contributed by atoms with Gasteiger partial charge in [-0.2, -0.15) is 11.3 Å². The molecule has 0 saturated carbocycles. The molecule has 7 heteroatoms. The smallest absolute Gasteiger partial charge is 0.405 e. The molecular formula is C14H13BrF3NOS. The zero-order valence-electron chi connectivity index (χ0n) is 11.1. The molecule has 114 valence electrons. The third-order valence-electron chi connectivity index (χ3n) is 2.83. The van der Waals surface area contributed by atoms with E-state index in [-0.39, 0.29) is 10.2 Å². The Kier molecular flexibility index (Phi) is 5.29. The van der Waals surface area contributed by atoms with E-state index in [2.05, 4.69) is 36.7 Å². The number of thiophene rings is 1. The summed E-state index contributed by atoms with van der Waals surface area (Å²) in [5.41, 5.74) is 3.35. The van der Waals surface area contributed by atoms with Crippen LogP contribution in [0, 0.1) is 6.92 Å². The van der Waals surface area contributed by atoms with E-state index < -0.39 is 6.36 Å². The molecule has 0 bridgehead atoms.